The normalized spacial score (nSPS) is 20.5. The summed E-state index contributed by atoms with van der Waals surface area (Å²) < 4.78 is 10.6. The van der Waals surface area contributed by atoms with Gasteiger partial charge in [0.2, 0.25) is 5.96 Å². The molecule has 1 aliphatic rings. The largest absolute Gasteiger partial charge is 0.385 e. The molecule has 0 radical (unpaired) electrons. The number of hydrazine groups is 1. The topological polar surface area (TPSA) is 72.1 Å². The van der Waals surface area contributed by atoms with Crippen molar-refractivity contribution in [1.82, 2.24) is 10.3 Å². The van der Waals surface area contributed by atoms with Gasteiger partial charge in [-0.2, -0.15) is 0 Å². The van der Waals surface area contributed by atoms with Crippen molar-refractivity contribution < 1.29 is 9.47 Å². The smallest absolute Gasteiger partial charge is 0.208 e. The lowest BCUT2D eigenvalue weighted by Gasteiger charge is -2.39. The third kappa shape index (κ3) is 4.89. The summed E-state index contributed by atoms with van der Waals surface area (Å²) in [6.07, 6.45) is 0.898. The van der Waals surface area contributed by atoms with Crippen LogP contribution in [0.1, 0.15) is 20.3 Å². The van der Waals surface area contributed by atoms with Gasteiger partial charge in [-0.1, -0.05) is 0 Å². The van der Waals surface area contributed by atoms with E-state index in [2.05, 4.69) is 29.2 Å². The first-order valence-electron chi connectivity index (χ1n) is 5.98. The van der Waals surface area contributed by atoms with E-state index in [0.29, 0.717) is 13.2 Å². The zero-order chi connectivity index (χ0) is 12.7. The molecular weight excluding hydrogens is 220 g/mol. The van der Waals surface area contributed by atoms with E-state index in [1.165, 1.54) is 0 Å². The van der Waals surface area contributed by atoms with Crippen LogP contribution in [0.25, 0.3) is 0 Å². The molecule has 0 aliphatic carbocycles. The number of morpholine rings is 1. The molecule has 0 unspecified atom stereocenters. The van der Waals surface area contributed by atoms with Gasteiger partial charge < -0.3 is 14.4 Å². The molecule has 6 heteroatoms. The van der Waals surface area contributed by atoms with Gasteiger partial charge in [0.05, 0.1) is 12.2 Å². The van der Waals surface area contributed by atoms with Crippen molar-refractivity contribution in [1.29, 1.82) is 0 Å². The summed E-state index contributed by atoms with van der Waals surface area (Å²) in [5.74, 6) is 6.25. The Balaban J connectivity index is 2.48. The van der Waals surface area contributed by atoms with Crippen LogP contribution in [0.3, 0.4) is 0 Å². The fourth-order valence-corrected chi connectivity index (χ4v) is 1.83. The van der Waals surface area contributed by atoms with Gasteiger partial charge in [-0.25, -0.2) is 5.84 Å². The molecule has 0 aromatic carbocycles. The highest BCUT2D eigenvalue weighted by atomic mass is 16.5. The van der Waals surface area contributed by atoms with Crippen LogP contribution in [0.5, 0.6) is 0 Å². The summed E-state index contributed by atoms with van der Waals surface area (Å²) in [7, 11) is 1.69. The molecule has 6 nitrogen and oxygen atoms in total. The first-order chi connectivity index (χ1) is 8.09. The van der Waals surface area contributed by atoms with Gasteiger partial charge in [0.1, 0.15) is 0 Å². The first kappa shape index (κ1) is 14.2. The van der Waals surface area contributed by atoms with Crippen molar-refractivity contribution in [2.24, 2.45) is 10.8 Å². The minimum absolute atomic E-state index is 0.150. The second-order valence-corrected chi connectivity index (χ2v) is 4.73. The molecule has 1 fully saturated rings. The lowest BCUT2D eigenvalue weighted by atomic mass is 10.1. The Labute approximate surface area is 103 Å². The Kier molecular flexibility index (Phi) is 5.67. The summed E-state index contributed by atoms with van der Waals surface area (Å²) in [5.41, 5.74) is 2.52. The quantitative estimate of drug-likeness (QED) is 0.238. The number of ether oxygens (including phenoxy) is 2. The van der Waals surface area contributed by atoms with Crippen molar-refractivity contribution in [3.8, 4) is 0 Å². The monoisotopic (exact) mass is 244 g/mol. The maximum Gasteiger partial charge on any atom is 0.208 e. The summed E-state index contributed by atoms with van der Waals surface area (Å²) in [4.78, 5) is 6.56. The second kappa shape index (κ2) is 6.78. The second-order valence-electron chi connectivity index (χ2n) is 4.73. The molecule has 1 saturated heterocycles. The zero-order valence-electron chi connectivity index (χ0n) is 11.0. The van der Waals surface area contributed by atoms with E-state index in [4.69, 9.17) is 15.3 Å². The minimum atomic E-state index is -0.150. The number of nitrogens with one attached hydrogen (secondary N) is 1. The fourth-order valence-electron chi connectivity index (χ4n) is 1.83. The molecule has 0 spiro atoms. The Morgan fingerprint density at radius 2 is 2.35 bits per heavy atom. The van der Waals surface area contributed by atoms with Gasteiger partial charge in [-0.3, -0.25) is 10.4 Å². The number of guanidine groups is 1. The van der Waals surface area contributed by atoms with Crippen LogP contribution in [0.2, 0.25) is 0 Å². The van der Waals surface area contributed by atoms with Crippen LogP contribution in [-0.4, -0.2) is 56.4 Å². The fraction of sp³-hybridized carbons (Fsp3) is 0.909. The van der Waals surface area contributed by atoms with E-state index in [-0.39, 0.29) is 5.60 Å². The number of methoxy groups -OCH3 is 1. The molecule has 0 amide bonds. The summed E-state index contributed by atoms with van der Waals surface area (Å²) >= 11 is 0. The average molecular weight is 244 g/mol. The van der Waals surface area contributed by atoms with Crippen LogP contribution < -0.4 is 11.3 Å². The maximum absolute atomic E-state index is 5.65. The third-order valence-electron chi connectivity index (χ3n) is 2.62. The van der Waals surface area contributed by atoms with Crippen LogP contribution in [-0.2, 0) is 9.47 Å². The molecule has 3 N–H and O–H groups in total. The van der Waals surface area contributed by atoms with E-state index in [1.807, 2.05) is 0 Å². The Morgan fingerprint density at radius 3 is 2.94 bits per heavy atom. The summed E-state index contributed by atoms with van der Waals surface area (Å²) in [6.45, 7) is 7.88. The van der Waals surface area contributed by atoms with Gasteiger partial charge in [-0.15, -0.1) is 0 Å². The van der Waals surface area contributed by atoms with E-state index in [0.717, 1.165) is 32.1 Å². The summed E-state index contributed by atoms with van der Waals surface area (Å²) in [6, 6.07) is 0. The molecular formula is C11H24N4O2. The lowest BCUT2D eigenvalue weighted by molar-refractivity contribution is -0.0685. The van der Waals surface area contributed by atoms with Crippen LogP contribution >= 0.6 is 0 Å². The summed E-state index contributed by atoms with van der Waals surface area (Å²) in [5, 5.41) is 0. The zero-order valence-corrected chi connectivity index (χ0v) is 11.0. The lowest BCUT2D eigenvalue weighted by Crippen LogP contribution is -2.55. The van der Waals surface area contributed by atoms with Crippen LogP contribution in [0, 0.1) is 0 Å². The minimum Gasteiger partial charge on any atom is -0.385 e. The number of hydrogen-bond donors (Lipinski definition) is 2. The third-order valence-corrected chi connectivity index (χ3v) is 2.62. The highest BCUT2D eigenvalue weighted by Gasteiger charge is 2.28. The number of nitrogens with zero attached hydrogens (tertiary/aromatic N) is 2. The van der Waals surface area contributed by atoms with Gasteiger partial charge in [0, 0.05) is 33.4 Å². The molecule has 1 heterocycles. The molecule has 1 aliphatic heterocycles. The number of aliphatic imine (C=N–C) groups is 1. The number of nitrogens with two attached hydrogens (primary N) is 1. The standard InChI is InChI=1S/C11H24N4O2/c1-11(2)9-15(6-8-17-11)10(14-12)13-5-4-7-16-3/h4-9,12H2,1-3H3,(H,13,14). The van der Waals surface area contributed by atoms with Crippen molar-refractivity contribution in [3.63, 3.8) is 0 Å². The number of rotatable bonds is 4. The van der Waals surface area contributed by atoms with Crippen molar-refractivity contribution >= 4 is 5.96 Å². The van der Waals surface area contributed by atoms with E-state index in [1.54, 1.807) is 7.11 Å². The Morgan fingerprint density at radius 1 is 1.59 bits per heavy atom. The van der Waals surface area contributed by atoms with Gasteiger partial charge in [-0.05, 0) is 20.3 Å². The predicted octanol–water partition coefficient (Wildman–Crippen LogP) is -0.0470. The molecule has 0 saturated carbocycles. The average Bonchev–Trinajstić information content (AvgIpc) is 2.28. The molecule has 0 aromatic rings. The highest BCUT2D eigenvalue weighted by molar-refractivity contribution is 5.79. The van der Waals surface area contributed by atoms with Gasteiger partial charge >= 0.3 is 0 Å². The van der Waals surface area contributed by atoms with Gasteiger partial charge in [0.15, 0.2) is 0 Å². The van der Waals surface area contributed by atoms with Crippen molar-refractivity contribution in [3.05, 3.63) is 0 Å². The predicted molar refractivity (Wildman–Crippen MR) is 67.7 cm³/mol. The molecule has 0 aromatic heterocycles. The molecule has 1 rings (SSSR count). The van der Waals surface area contributed by atoms with Crippen LogP contribution in [0.4, 0.5) is 0 Å². The SMILES string of the molecule is COCCCN=C(NN)N1CCOC(C)(C)C1. The molecule has 17 heavy (non-hydrogen) atoms. The van der Waals surface area contributed by atoms with Crippen LogP contribution in [0.15, 0.2) is 4.99 Å². The van der Waals surface area contributed by atoms with Gasteiger partial charge in [0.25, 0.3) is 0 Å². The molecule has 0 atom stereocenters. The van der Waals surface area contributed by atoms with E-state index < -0.39 is 0 Å². The Hall–Kier alpha value is -0.850. The highest BCUT2D eigenvalue weighted by Crippen LogP contribution is 2.16. The van der Waals surface area contributed by atoms with Crippen molar-refractivity contribution in [2.75, 3.05) is 40.0 Å². The molecule has 100 valence electrons. The number of hydrogen-bond acceptors (Lipinski definition) is 4. The van der Waals surface area contributed by atoms with Crippen molar-refractivity contribution in [2.45, 2.75) is 25.9 Å². The Bertz CT molecular complexity index is 256. The maximum atomic E-state index is 5.65. The first-order valence-corrected chi connectivity index (χ1v) is 5.98. The molecule has 0 bridgehead atoms. The van der Waals surface area contributed by atoms with E-state index >= 15 is 0 Å². The van der Waals surface area contributed by atoms with E-state index in [9.17, 15) is 0 Å².